The SMILES string of the molecule is CN1C(=O)[C@H]2[C@H](NC(=[N+]3CCOCC3)N2CCc2ccccc2)N(C)C1=O. The van der Waals surface area contributed by atoms with Gasteiger partial charge in [0.2, 0.25) is 6.04 Å². The molecule has 4 rings (SSSR count). The number of urea groups is 1. The normalized spacial score (nSPS) is 25.8. The van der Waals surface area contributed by atoms with Gasteiger partial charge < -0.3 is 4.74 Å². The fraction of sp³-hybridized carbons (Fsp3) is 0.526. The van der Waals surface area contributed by atoms with Crippen molar-refractivity contribution in [2.24, 2.45) is 0 Å². The number of fused-ring (bicyclic) bond motifs is 1. The van der Waals surface area contributed by atoms with Crippen LogP contribution in [0.2, 0.25) is 0 Å². The van der Waals surface area contributed by atoms with Gasteiger partial charge in [0.25, 0.3) is 5.91 Å². The molecule has 3 fully saturated rings. The van der Waals surface area contributed by atoms with Crippen molar-refractivity contribution < 1.29 is 18.9 Å². The molecule has 8 heteroatoms. The van der Waals surface area contributed by atoms with Crippen molar-refractivity contribution in [3.8, 4) is 0 Å². The van der Waals surface area contributed by atoms with E-state index in [9.17, 15) is 9.59 Å². The van der Waals surface area contributed by atoms with Crippen molar-refractivity contribution >= 4 is 17.9 Å². The molecule has 0 radical (unpaired) electrons. The second-order valence-electron chi connectivity index (χ2n) is 7.18. The number of guanidine groups is 1. The standard InChI is InChI=1S/C19H25N5O3/c1-21-16-15(17(25)22(2)19(21)26)24(9-8-14-6-4-3-5-7-14)18(20-16)23-10-12-27-13-11-23/h3-7,15-16H,8-13H2,1-2H3/p+1/t15-,16-/m1/s1. The third-order valence-electron chi connectivity index (χ3n) is 5.57. The molecular weight excluding hydrogens is 346 g/mol. The Morgan fingerprint density at radius 3 is 2.56 bits per heavy atom. The van der Waals surface area contributed by atoms with Crippen LogP contribution < -0.4 is 5.32 Å². The summed E-state index contributed by atoms with van der Waals surface area (Å²) in [4.78, 5) is 30.3. The average Bonchev–Trinajstić information content (AvgIpc) is 3.10. The summed E-state index contributed by atoms with van der Waals surface area (Å²) in [7, 11) is 3.30. The van der Waals surface area contributed by atoms with Crippen LogP contribution in [0.3, 0.4) is 0 Å². The molecular formula is C19H26N5O3+. The fourth-order valence-electron chi connectivity index (χ4n) is 4.01. The predicted octanol–water partition coefficient (Wildman–Crippen LogP) is -0.248. The molecule has 144 valence electrons. The zero-order valence-corrected chi connectivity index (χ0v) is 15.8. The molecule has 1 aromatic carbocycles. The highest BCUT2D eigenvalue weighted by Gasteiger charge is 2.57. The largest absolute Gasteiger partial charge is 0.375 e. The number of morpholine rings is 1. The molecule has 3 saturated heterocycles. The number of nitrogens with one attached hydrogen (secondary N) is 1. The molecule has 3 heterocycles. The maximum atomic E-state index is 13.0. The Hall–Kier alpha value is -2.61. The molecule has 1 aromatic rings. The van der Waals surface area contributed by atoms with Crippen LogP contribution in [0.15, 0.2) is 30.3 Å². The number of likely N-dealkylation sites (N-methyl/N-ethyl adjacent to an activating group) is 2. The van der Waals surface area contributed by atoms with Crippen LogP contribution in [0.5, 0.6) is 0 Å². The molecule has 2 atom stereocenters. The number of hydrogen-bond acceptors (Lipinski definition) is 3. The third kappa shape index (κ3) is 3.14. The lowest BCUT2D eigenvalue weighted by Crippen LogP contribution is -2.65. The van der Waals surface area contributed by atoms with Gasteiger partial charge in [-0.1, -0.05) is 30.3 Å². The lowest BCUT2D eigenvalue weighted by atomic mass is 10.1. The van der Waals surface area contributed by atoms with E-state index in [1.54, 1.807) is 19.0 Å². The first kappa shape index (κ1) is 17.8. The molecule has 3 aliphatic rings. The molecule has 3 aliphatic heterocycles. The minimum Gasteiger partial charge on any atom is -0.375 e. The van der Waals surface area contributed by atoms with E-state index in [1.807, 2.05) is 18.2 Å². The smallest absolute Gasteiger partial charge is 0.351 e. The van der Waals surface area contributed by atoms with Gasteiger partial charge in [0.15, 0.2) is 6.17 Å². The Bertz CT molecular complexity index is 758. The number of imide groups is 1. The van der Waals surface area contributed by atoms with E-state index in [0.717, 1.165) is 25.5 Å². The highest BCUT2D eigenvalue weighted by molar-refractivity contribution is 6.03. The number of hydrogen-bond donors (Lipinski definition) is 1. The molecule has 0 aromatic heterocycles. The number of amides is 3. The lowest BCUT2D eigenvalue weighted by molar-refractivity contribution is -0.554. The van der Waals surface area contributed by atoms with Gasteiger partial charge in [0, 0.05) is 20.5 Å². The number of rotatable bonds is 3. The van der Waals surface area contributed by atoms with Gasteiger partial charge in [-0.3, -0.25) is 24.5 Å². The fourth-order valence-corrected chi connectivity index (χ4v) is 4.01. The first-order valence-electron chi connectivity index (χ1n) is 9.39. The summed E-state index contributed by atoms with van der Waals surface area (Å²) in [6.45, 7) is 3.56. The van der Waals surface area contributed by atoms with E-state index < -0.39 is 6.04 Å². The zero-order valence-electron chi connectivity index (χ0n) is 15.8. The summed E-state index contributed by atoms with van der Waals surface area (Å²) in [6.07, 6.45) is 0.476. The molecule has 3 amide bonds. The van der Waals surface area contributed by atoms with Gasteiger partial charge in [0.1, 0.15) is 0 Å². The van der Waals surface area contributed by atoms with E-state index in [1.165, 1.54) is 10.5 Å². The van der Waals surface area contributed by atoms with Crippen LogP contribution in [0.25, 0.3) is 0 Å². The highest BCUT2D eigenvalue weighted by atomic mass is 16.5. The van der Waals surface area contributed by atoms with Gasteiger partial charge >= 0.3 is 12.0 Å². The van der Waals surface area contributed by atoms with Gasteiger partial charge in [-0.15, -0.1) is 0 Å². The van der Waals surface area contributed by atoms with Crippen LogP contribution >= 0.6 is 0 Å². The van der Waals surface area contributed by atoms with Gasteiger partial charge in [0.05, 0.1) is 32.8 Å². The lowest BCUT2D eigenvalue weighted by Gasteiger charge is -2.36. The van der Waals surface area contributed by atoms with Crippen LogP contribution in [0.4, 0.5) is 4.79 Å². The predicted molar refractivity (Wildman–Crippen MR) is 99.3 cm³/mol. The molecule has 27 heavy (non-hydrogen) atoms. The van der Waals surface area contributed by atoms with Crippen molar-refractivity contribution in [2.75, 3.05) is 46.9 Å². The zero-order chi connectivity index (χ0) is 19.0. The summed E-state index contributed by atoms with van der Waals surface area (Å²) in [6, 6.07) is 9.55. The Kier molecular flexibility index (Phi) is 4.73. The Morgan fingerprint density at radius 2 is 1.85 bits per heavy atom. The summed E-state index contributed by atoms with van der Waals surface area (Å²) < 4.78 is 7.70. The Labute approximate surface area is 159 Å². The van der Waals surface area contributed by atoms with E-state index in [2.05, 4.69) is 26.9 Å². The molecule has 8 nitrogen and oxygen atoms in total. The van der Waals surface area contributed by atoms with Gasteiger partial charge in [-0.05, 0) is 5.56 Å². The second kappa shape index (κ2) is 7.19. The van der Waals surface area contributed by atoms with Crippen LogP contribution in [0.1, 0.15) is 5.56 Å². The molecule has 0 spiro atoms. The number of benzene rings is 1. The van der Waals surface area contributed by atoms with Crippen LogP contribution in [-0.2, 0) is 16.0 Å². The van der Waals surface area contributed by atoms with Crippen molar-refractivity contribution in [3.63, 3.8) is 0 Å². The molecule has 0 bridgehead atoms. The summed E-state index contributed by atoms with van der Waals surface area (Å²) in [5.74, 6) is 0.763. The average molecular weight is 372 g/mol. The second-order valence-corrected chi connectivity index (χ2v) is 7.18. The number of carbonyl (C=O) groups excluding carboxylic acids is 2. The topological polar surface area (TPSA) is 68.1 Å². The Balaban J connectivity index is 1.66. The number of carbonyl (C=O) groups is 2. The summed E-state index contributed by atoms with van der Waals surface area (Å²) >= 11 is 0. The monoisotopic (exact) mass is 372 g/mol. The first-order chi connectivity index (χ1) is 13.1. The van der Waals surface area contributed by atoms with Crippen molar-refractivity contribution in [1.29, 1.82) is 0 Å². The quantitative estimate of drug-likeness (QED) is 0.742. The van der Waals surface area contributed by atoms with Gasteiger partial charge in [-0.2, -0.15) is 0 Å². The minimum atomic E-state index is -0.417. The molecule has 0 aliphatic carbocycles. The minimum absolute atomic E-state index is 0.160. The third-order valence-corrected chi connectivity index (χ3v) is 5.57. The van der Waals surface area contributed by atoms with E-state index in [4.69, 9.17) is 4.74 Å². The Morgan fingerprint density at radius 1 is 1.15 bits per heavy atom. The van der Waals surface area contributed by atoms with E-state index >= 15 is 0 Å². The van der Waals surface area contributed by atoms with Crippen molar-refractivity contribution in [1.82, 2.24) is 20.0 Å². The van der Waals surface area contributed by atoms with Crippen molar-refractivity contribution in [3.05, 3.63) is 35.9 Å². The first-order valence-corrected chi connectivity index (χ1v) is 9.39. The van der Waals surface area contributed by atoms with E-state index in [0.29, 0.717) is 19.8 Å². The number of ether oxygens (including phenoxy) is 1. The molecule has 1 N–H and O–H groups in total. The maximum Gasteiger partial charge on any atom is 0.351 e. The van der Waals surface area contributed by atoms with Crippen LogP contribution in [-0.4, -0.2) is 96.3 Å². The van der Waals surface area contributed by atoms with Crippen LogP contribution in [0, 0.1) is 0 Å². The highest BCUT2D eigenvalue weighted by Crippen LogP contribution is 2.24. The molecule has 0 saturated carbocycles. The van der Waals surface area contributed by atoms with Gasteiger partial charge in [-0.25, -0.2) is 9.69 Å². The molecule has 0 unspecified atom stereocenters. The van der Waals surface area contributed by atoms with Crippen molar-refractivity contribution in [2.45, 2.75) is 18.6 Å². The van der Waals surface area contributed by atoms with E-state index in [-0.39, 0.29) is 18.1 Å². The summed E-state index contributed by atoms with van der Waals surface area (Å²) in [5, 5.41) is 3.45. The summed E-state index contributed by atoms with van der Waals surface area (Å²) in [5.41, 5.74) is 1.23. The number of nitrogens with zero attached hydrogens (tertiary/aromatic N) is 4. The maximum absolute atomic E-state index is 13.0.